The Morgan fingerprint density at radius 3 is 2.45 bits per heavy atom. The lowest BCUT2D eigenvalue weighted by atomic mass is 10.0. The van der Waals surface area contributed by atoms with Crippen molar-refractivity contribution < 1.29 is 19.4 Å². The van der Waals surface area contributed by atoms with Gasteiger partial charge >= 0.3 is 5.97 Å². The van der Waals surface area contributed by atoms with E-state index in [1.54, 1.807) is 36.4 Å². The monoisotopic (exact) mass is 292 g/mol. The number of carboxylic acid groups (broad SMARTS) is 1. The molecule has 5 heteroatoms. The van der Waals surface area contributed by atoms with Gasteiger partial charge in [0.1, 0.15) is 11.6 Å². The van der Waals surface area contributed by atoms with Gasteiger partial charge in [-0.1, -0.05) is 36.0 Å². The minimum absolute atomic E-state index is 0.115. The summed E-state index contributed by atoms with van der Waals surface area (Å²) in [6, 6.07) is 11.1. The summed E-state index contributed by atoms with van der Waals surface area (Å²) in [6.45, 7) is 1.49. The van der Waals surface area contributed by atoms with Gasteiger partial charge in [-0.05, 0) is 25.1 Å². The summed E-state index contributed by atoms with van der Waals surface area (Å²) in [5.41, 5.74) is 0.318. The van der Waals surface area contributed by atoms with Crippen LogP contribution in [0.1, 0.15) is 18.4 Å². The molecule has 0 fully saturated rings. The Morgan fingerprint density at radius 2 is 1.80 bits per heavy atom. The number of hydrogen-bond donors (Lipinski definition) is 2. The molecule has 2 N–H and O–H groups in total. The molecule has 1 unspecified atom stereocenters. The van der Waals surface area contributed by atoms with E-state index in [1.165, 1.54) is 13.0 Å². The van der Waals surface area contributed by atoms with Crippen molar-refractivity contribution in [2.24, 2.45) is 0 Å². The zero-order valence-electron chi connectivity index (χ0n) is 10.7. The highest BCUT2D eigenvalue weighted by Gasteiger charge is 2.20. The Balaban J connectivity index is 2.37. The van der Waals surface area contributed by atoms with E-state index in [2.05, 4.69) is 0 Å². The first-order valence-corrected chi connectivity index (χ1v) is 6.79. The third kappa shape index (κ3) is 2.93. The molecule has 0 saturated carbocycles. The van der Waals surface area contributed by atoms with E-state index in [9.17, 15) is 14.3 Å². The second kappa shape index (κ2) is 5.96. The van der Waals surface area contributed by atoms with Crippen LogP contribution in [0.15, 0.2) is 52.3 Å². The summed E-state index contributed by atoms with van der Waals surface area (Å²) in [5.74, 6) is -2.34. The summed E-state index contributed by atoms with van der Waals surface area (Å²) in [6.07, 6.45) is 0. The van der Waals surface area contributed by atoms with Gasteiger partial charge in [0.05, 0.1) is 10.8 Å². The fourth-order valence-corrected chi connectivity index (χ4v) is 2.66. The lowest BCUT2D eigenvalue weighted by Gasteiger charge is -2.12. The van der Waals surface area contributed by atoms with E-state index in [0.717, 1.165) is 11.8 Å². The molecule has 2 aromatic carbocycles. The first-order valence-electron chi connectivity index (χ1n) is 5.97. The second-order valence-corrected chi connectivity index (χ2v) is 5.37. The van der Waals surface area contributed by atoms with Gasteiger partial charge in [-0.2, -0.15) is 0 Å². The molecule has 0 aliphatic heterocycles. The maximum Gasteiger partial charge on any atom is 0.310 e. The lowest BCUT2D eigenvalue weighted by Crippen LogP contribution is -2.07. The highest BCUT2D eigenvalue weighted by molar-refractivity contribution is 7.99. The number of aliphatic carboxylic acids is 1. The molecule has 0 amide bonds. The first-order chi connectivity index (χ1) is 9.50. The van der Waals surface area contributed by atoms with Crippen LogP contribution in [0.5, 0.6) is 5.75 Å². The maximum absolute atomic E-state index is 13.6. The van der Waals surface area contributed by atoms with E-state index in [4.69, 9.17) is 5.11 Å². The largest absolute Gasteiger partial charge is 0.506 e. The number of rotatable bonds is 4. The number of hydrogen-bond acceptors (Lipinski definition) is 3. The summed E-state index contributed by atoms with van der Waals surface area (Å²) in [7, 11) is 0. The second-order valence-electron chi connectivity index (χ2n) is 4.29. The van der Waals surface area contributed by atoms with Gasteiger partial charge in [0.2, 0.25) is 0 Å². The number of halogens is 1. The third-order valence-corrected chi connectivity index (χ3v) is 4.02. The van der Waals surface area contributed by atoms with Crippen LogP contribution in [-0.4, -0.2) is 16.2 Å². The molecule has 0 bridgehead atoms. The zero-order valence-corrected chi connectivity index (χ0v) is 11.5. The predicted octanol–water partition coefficient (Wildman–Crippen LogP) is 3.87. The normalized spacial score (nSPS) is 12.1. The minimum Gasteiger partial charge on any atom is -0.506 e. The van der Waals surface area contributed by atoms with Gasteiger partial charge in [-0.15, -0.1) is 0 Å². The molecule has 2 rings (SSSR count). The molecular weight excluding hydrogens is 279 g/mol. The van der Waals surface area contributed by atoms with Crippen LogP contribution in [0.2, 0.25) is 0 Å². The molecule has 0 aromatic heterocycles. The number of carbonyl (C=O) groups is 1. The SMILES string of the molecule is CC(C(=O)O)c1cccc(Sc2ccccc2F)c1O. The van der Waals surface area contributed by atoms with Crippen LogP contribution >= 0.6 is 11.8 Å². The molecule has 1 atom stereocenters. The molecular formula is C15H13FO3S. The van der Waals surface area contributed by atoms with Crippen LogP contribution in [0, 0.1) is 5.82 Å². The van der Waals surface area contributed by atoms with Crippen LogP contribution in [0.25, 0.3) is 0 Å². The van der Waals surface area contributed by atoms with Gasteiger partial charge in [0.15, 0.2) is 0 Å². The van der Waals surface area contributed by atoms with Gasteiger partial charge in [-0.25, -0.2) is 4.39 Å². The van der Waals surface area contributed by atoms with Crippen molar-refractivity contribution in [1.29, 1.82) is 0 Å². The molecule has 0 heterocycles. The smallest absolute Gasteiger partial charge is 0.310 e. The zero-order chi connectivity index (χ0) is 14.7. The third-order valence-electron chi connectivity index (χ3n) is 2.92. The fraction of sp³-hybridized carbons (Fsp3) is 0.133. The average molecular weight is 292 g/mol. The van der Waals surface area contributed by atoms with E-state index >= 15 is 0 Å². The molecule has 104 valence electrons. The average Bonchev–Trinajstić information content (AvgIpc) is 2.42. The predicted molar refractivity (Wildman–Crippen MR) is 74.7 cm³/mol. The molecule has 20 heavy (non-hydrogen) atoms. The number of aromatic hydroxyl groups is 1. The van der Waals surface area contributed by atoms with Crippen molar-refractivity contribution in [3.8, 4) is 5.75 Å². The quantitative estimate of drug-likeness (QED) is 0.898. The number of phenols is 1. The van der Waals surface area contributed by atoms with Crippen molar-refractivity contribution in [3.05, 3.63) is 53.8 Å². The Hall–Kier alpha value is -2.01. The van der Waals surface area contributed by atoms with Crippen LogP contribution in [0.4, 0.5) is 4.39 Å². The topological polar surface area (TPSA) is 57.5 Å². The van der Waals surface area contributed by atoms with Gasteiger partial charge in [0, 0.05) is 10.5 Å². The van der Waals surface area contributed by atoms with E-state index in [1.807, 2.05) is 0 Å². The molecule has 3 nitrogen and oxygen atoms in total. The van der Waals surface area contributed by atoms with E-state index in [0.29, 0.717) is 15.4 Å². The molecule has 0 saturated heterocycles. The van der Waals surface area contributed by atoms with Crippen LogP contribution in [-0.2, 0) is 4.79 Å². The Labute approximate surface area is 120 Å². The lowest BCUT2D eigenvalue weighted by molar-refractivity contribution is -0.138. The Morgan fingerprint density at radius 1 is 1.15 bits per heavy atom. The summed E-state index contributed by atoms with van der Waals surface area (Å²) in [5, 5.41) is 19.2. The van der Waals surface area contributed by atoms with E-state index < -0.39 is 11.9 Å². The first kappa shape index (κ1) is 14.4. The number of carboxylic acids is 1. The molecule has 0 radical (unpaired) electrons. The standard InChI is InChI=1S/C15H13FO3S/c1-9(15(18)19)10-5-4-8-13(14(10)17)20-12-7-3-2-6-11(12)16/h2-9,17H,1H3,(H,18,19). The van der Waals surface area contributed by atoms with Crippen molar-refractivity contribution in [1.82, 2.24) is 0 Å². The van der Waals surface area contributed by atoms with Crippen molar-refractivity contribution in [2.45, 2.75) is 22.6 Å². The Kier molecular flexibility index (Phi) is 4.29. The summed E-state index contributed by atoms with van der Waals surface area (Å²) >= 11 is 1.07. The highest BCUT2D eigenvalue weighted by atomic mass is 32.2. The van der Waals surface area contributed by atoms with Gasteiger partial charge in [0.25, 0.3) is 0 Å². The Bertz CT molecular complexity index is 643. The van der Waals surface area contributed by atoms with Crippen molar-refractivity contribution >= 4 is 17.7 Å². The number of benzene rings is 2. The van der Waals surface area contributed by atoms with Crippen LogP contribution < -0.4 is 0 Å². The molecule has 0 aliphatic rings. The maximum atomic E-state index is 13.6. The fourth-order valence-electron chi connectivity index (χ4n) is 1.75. The number of para-hydroxylation sites is 1. The molecule has 0 aliphatic carbocycles. The van der Waals surface area contributed by atoms with Crippen molar-refractivity contribution in [2.75, 3.05) is 0 Å². The minimum atomic E-state index is -1.02. The number of phenolic OH excluding ortho intramolecular Hbond substituents is 1. The molecule has 0 spiro atoms. The van der Waals surface area contributed by atoms with Gasteiger partial charge < -0.3 is 10.2 Å². The highest BCUT2D eigenvalue weighted by Crippen LogP contribution is 2.39. The van der Waals surface area contributed by atoms with Gasteiger partial charge in [-0.3, -0.25) is 4.79 Å². The molecule has 2 aromatic rings. The van der Waals surface area contributed by atoms with Crippen LogP contribution in [0.3, 0.4) is 0 Å². The van der Waals surface area contributed by atoms with Crippen molar-refractivity contribution in [3.63, 3.8) is 0 Å². The summed E-state index contributed by atoms with van der Waals surface area (Å²) < 4.78 is 13.6. The summed E-state index contributed by atoms with van der Waals surface area (Å²) in [4.78, 5) is 11.8. The van der Waals surface area contributed by atoms with E-state index in [-0.39, 0.29) is 11.6 Å².